The van der Waals surface area contributed by atoms with Gasteiger partial charge in [-0.05, 0) is 43.5 Å². The highest BCUT2D eigenvalue weighted by atomic mass is 19.1. The molecule has 0 aromatic heterocycles. The summed E-state index contributed by atoms with van der Waals surface area (Å²) < 4.78 is 18.9. The molecule has 0 bridgehead atoms. The van der Waals surface area contributed by atoms with E-state index in [-0.39, 0.29) is 17.5 Å². The number of nitrogens with zero attached hydrogens (tertiary/aromatic N) is 1. The number of nitrogens with two attached hydrogens (primary N) is 1. The molecule has 21 heavy (non-hydrogen) atoms. The van der Waals surface area contributed by atoms with E-state index in [0.717, 1.165) is 31.6 Å². The van der Waals surface area contributed by atoms with E-state index in [1.807, 2.05) is 12.1 Å². The molecule has 4 heteroatoms. The highest BCUT2D eigenvalue weighted by Crippen LogP contribution is 2.33. The summed E-state index contributed by atoms with van der Waals surface area (Å²) in [5.41, 5.74) is 7.21. The van der Waals surface area contributed by atoms with Gasteiger partial charge in [0.15, 0.2) is 0 Å². The standard InChI is InChI=1S/C17H27FN2O/c1-13(2)16-10-17(12-19,8-9-21-16)20(3)11-14-4-6-15(18)7-5-14/h4-7,13,16H,8-12,19H2,1-3H3. The van der Waals surface area contributed by atoms with Crippen LogP contribution in [0.2, 0.25) is 0 Å². The molecule has 1 fully saturated rings. The molecule has 118 valence electrons. The fraction of sp³-hybridized carbons (Fsp3) is 0.647. The molecule has 2 atom stereocenters. The molecule has 2 rings (SSSR count). The van der Waals surface area contributed by atoms with Crippen LogP contribution in [-0.4, -0.2) is 36.7 Å². The van der Waals surface area contributed by atoms with Gasteiger partial charge in [-0.25, -0.2) is 4.39 Å². The van der Waals surface area contributed by atoms with Crippen molar-refractivity contribution >= 4 is 0 Å². The second-order valence-electron chi connectivity index (χ2n) is 6.52. The molecule has 0 saturated carbocycles. The smallest absolute Gasteiger partial charge is 0.123 e. The topological polar surface area (TPSA) is 38.5 Å². The molecule has 1 aromatic rings. The Bertz CT molecular complexity index is 449. The Labute approximate surface area is 127 Å². The van der Waals surface area contributed by atoms with Crippen molar-refractivity contribution in [2.45, 2.75) is 44.9 Å². The maximum Gasteiger partial charge on any atom is 0.123 e. The first-order chi connectivity index (χ1) is 9.97. The van der Waals surface area contributed by atoms with Crippen LogP contribution in [0.3, 0.4) is 0 Å². The number of benzene rings is 1. The van der Waals surface area contributed by atoms with Crippen molar-refractivity contribution in [2.75, 3.05) is 20.2 Å². The fourth-order valence-electron chi connectivity index (χ4n) is 3.08. The number of hydrogen-bond donors (Lipinski definition) is 1. The molecule has 1 saturated heterocycles. The summed E-state index contributed by atoms with van der Waals surface area (Å²) in [5.74, 6) is 0.302. The van der Waals surface area contributed by atoms with Gasteiger partial charge in [0, 0.05) is 25.2 Å². The zero-order valence-corrected chi connectivity index (χ0v) is 13.3. The van der Waals surface area contributed by atoms with Crippen molar-refractivity contribution in [2.24, 2.45) is 11.7 Å². The Morgan fingerprint density at radius 2 is 2.05 bits per heavy atom. The molecule has 1 aliphatic rings. The Balaban J connectivity index is 2.09. The molecule has 2 unspecified atom stereocenters. The average molecular weight is 294 g/mol. The van der Waals surface area contributed by atoms with Gasteiger partial charge in [0.05, 0.1) is 6.10 Å². The summed E-state index contributed by atoms with van der Waals surface area (Å²) in [6, 6.07) is 6.71. The number of rotatable bonds is 5. The molecular weight excluding hydrogens is 267 g/mol. The lowest BCUT2D eigenvalue weighted by Crippen LogP contribution is -2.57. The van der Waals surface area contributed by atoms with Crippen LogP contribution in [-0.2, 0) is 11.3 Å². The van der Waals surface area contributed by atoms with Gasteiger partial charge >= 0.3 is 0 Å². The summed E-state index contributed by atoms with van der Waals surface area (Å²) in [7, 11) is 2.11. The maximum absolute atomic E-state index is 13.0. The number of ether oxygens (including phenoxy) is 1. The molecule has 1 aromatic carbocycles. The summed E-state index contributed by atoms with van der Waals surface area (Å²) in [4.78, 5) is 2.32. The van der Waals surface area contributed by atoms with Crippen LogP contribution in [0.25, 0.3) is 0 Å². The second kappa shape index (κ2) is 6.86. The predicted molar refractivity (Wildman–Crippen MR) is 83.5 cm³/mol. The fourth-order valence-corrected chi connectivity index (χ4v) is 3.08. The van der Waals surface area contributed by atoms with Crippen LogP contribution < -0.4 is 5.73 Å². The minimum atomic E-state index is -0.194. The minimum absolute atomic E-state index is 0.0262. The van der Waals surface area contributed by atoms with Crippen molar-refractivity contribution in [1.82, 2.24) is 4.90 Å². The van der Waals surface area contributed by atoms with E-state index in [9.17, 15) is 4.39 Å². The lowest BCUT2D eigenvalue weighted by Gasteiger charge is -2.47. The summed E-state index contributed by atoms with van der Waals surface area (Å²) in [5, 5.41) is 0. The normalized spacial score (nSPS) is 26.5. The molecular formula is C17H27FN2O. The first kappa shape index (κ1) is 16.4. The summed E-state index contributed by atoms with van der Waals surface area (Å²) in [6.07, 6.45) is 2.17. The van der Waals surface area contributed by atoms with Crippen molar-refractivity contribution in [1.29, 1.82) is 0 Å². The largest absolute Gasteiger partial charge is 0.378 e. The van der Waals surface area contributed by atoms with Crippen molar-refractivity contribution in [3.63, 3.8) is 0 Å². The summed E-state index contributed by atoms with van der Waals surface area (Å²) in [6.45, 7) is 6.54. The van der Waals surface area contributed by atoms with Crippen molar-refractivity contribution in [3.05, 3.63) is 35.6 Å². The SMILES string of the molecule is CC(C)C1CC(CN)(N(C)Cc2ccc(F)cc2)CCO1. The van der Waals surface area contributed by atoms with Crippen LogP contribution in [0, 0.1) is 11.7 Å². The van der Waals surface area contributed by atoms with Gasteiger partial charge in [-0.15, -0.1) is 0 Å². The van der Waals surface area contributed by atoms with E-state index in [0.29, 0.717) is 12.5 Å². The zero-order valence-electron chi connectivity index (χ0n) is 13.3. The Morgan fingerprint density at radius 1 is 1.38 bits per heavy atom. The van der Waals surface area contributed by atoms with Crippen LogP contribution in [0.4, 0.5) is 4.39 Å². The maximum atomic E-state index is 13.0. The number of hydrogen-bond acceptors (Lipinski definition) is 3. The predicted octanol–water partition coefficient (Wildman–Crippen LogP) is 2.79. The van der Waals surface area contributed by atoms with E-state index < -0.39 is 0 Å². The van der Waals surface area contributed by atoms with Crippen molar-refractivity contribution < 1.29 is 9.13 Å². The third-order valence-electron chi connectivity index (χ3n) is 4.75. The van der Waals surface area contributed by atoms with Gasteiger partial charge in [-0.1, -0.05) is 26.0 Å². The van der Waals surface area contributed by atoms with Gasteiger partial charge in [-0.3, -0.25) is 4.90 Å². The highest BCUT2D eigenvalue weighted by Gasteiger charge is 2.40. The van der Waals surface area contributed by atoms with E-state index >= 15 is 0 Å². The number of halogens is 1. The molecule has 1 aliphatic heterocycles. The molecule has 0 aliphatic carbocycles. The van der Waals surface area contributed by atoms with E-state index in [1.54, 1.807) is 0 Å². The second-order valence-corrected chi connectivity index (χ2v) is 6.52. The highest BCUT2D eigenvalue weighted by molar-refractivity contribution is 5.16. The van der Waals surface area contributed by atoms with Gasteiger partial charge < -0.3 is 10.5 Å². The zero-order chi connectivity index (χ0) is 15.5. The molecule has 3 nitrogen and oxygen atoms in total. The lowest BCUT2D eigenvalue weighted by molar-refractivity contribution is -0.0834. The minimum Gasteiger partial charge on any atom is -0.378 e. The molecule has 0 spiro atoms. The Morgan fingerprint density at radius 3 is 2.62 bits per heavy atom. The van der Waals surface area contributed by atoms with Gasteiger partial charge in [0.2, 0.25) is 0 Å². The van der Waals surface area contributed by atoms with Crippen LogP contribution in [0.5, 0.6) is 0 Å². The third kappa shape index (κ3) is 3.82. The quantitative estimate of drug-likeness (QED) is 0.907. The average Bonchev–Trinajstić information content (AvgIpc) is 2.49. The van der Waals surface area contributed by atoms with Gasteiger partial charge in [0.25, 0.3) is 0 Å². The third-order valence-corrected chi connectivity index (χ3v) is 4.75. The first-order valence-corrected chi connectivity index (χ1v) is 7.74. The summed E-state index contributed by atoms with van der Waals surface area (Å²) >= 11 is 0. The van der Waals surface area contributed by atoms with Gasteiger partial charge in [0.1, 0.15) is 5.82 Å². The van der Waals surface area contributed by atoms with Crippen molar-refractivity contribution in [3.8, 4) is 0 Å². The van der Waals surface area contributed by atoms with Gasteiger partial charge in [-0.2, -0.15) is 0 Å². The Kier molecular flexibility index (Phi) is 5.36. The molecule has 1 heterocycles. The lowest BCUT2D eigenvalue weighted by atomic mass is 9.82. The first-order valence-electron chi connectivity index (χ1n) is 7.74. The van der Waals surface area contributed by atoms with E-state index in [2.05, 4.69) is 25.8 Å². The molecule has 2 N–H and O–H groups in total. The molecule has 0 radical (unpaired) electrons. The number of likely N-dealkylation sites (N-methyl/N-ethyl adjacent to an activating group) is 1. The Hall–Kier alpha value is -0.970. The van der Waals surface area contributed by atoms with Crippen LogP contribution >= 0.6 is 0 Å². The molecule has 0 amide bonds. The van der Waals surface area contributed by atoms with E-state index in [1.165, 1.54) is 12.1 Å². The monoisotopic (exact) mass is 294 g/mol. The van der Waals surface area contributed by atoms with Crippen LogP contribution in [0.15, 0.2) is 24.3 Å². The van der Waals surface area contributed by atoms with Crippen LogP contribution in [0.1, 0.15) is 32.3 Å². The van der Waals surface area contributed by atoms with E-state index in [4.69, 9.17) is 10.5 Å².